The number of rotatable bonds is 11. The Kier molecular flexibility index (Phi) is 15.0. The number of quaternary nitrogens is 2. The molecule has 1 fully saturated rings. The number of aliphatic hydroxyl groups is 2. The van der Waals surface area contributed by atoms with Crippen molar-refractivity contribution in [3.8, 4) is 0 Å². The van der Waals surface area contributed by atoms with E-state index in [2.05, 4.69) is 16.0 Å². The predicted octanol–water partition coefficient (Wildman–Crippen LogP) is -7.89. The molecule has 0 aromatic carbocycles. The van der Waals surface area contributed by atoms with Gasteiger partial charge in [0.25, 0.3) is 6.23 Å². The van der Waals surface area contributed by atoms with Gasteiger partial charge < -0.3 is 75.6 Å². The number of phosphoric ester groups is 1. The molecule has 0 bridgehead atoms. The van der Waals surface area contributed by atoms with Crippen LogP contribution in [-0.4, -0.2) is 97.5 Å². The number of hydrogen-bond donors (Lipinski definition) is 8. The Labute approximate surface area is 223 Å². The highest BCUT2D eigenvalue weighted by Crippen LogP contribution is 2.30. The maximum absolute atomic E-state index is 10.8. The Morgan fingerprint density at radius 1 is 0.975 bits per heavy atom. The highest BCUT2D eigenvalue weighted by atomic mass is 31.2. The highest BCUT2D eigenvalue weighted by Gasteiger charge is 2.48. The Morgan fingerprint density at radius 2 is 1.45 bits per heavy atom. The molecule has 1 aromatic rings. The quantitative estimate of drug-likeness (QED) is 0.0861. The Hall–Kier alpha value is -3.59. The first-order chi connectivity index (χ1) is 18.3. The topological polar surface area (TPSA) is 371 Å². The smallest absolute Gasteiger partial charge is 0.362 e. The molecule has 0 aliphatic carbocycles. The molecule has 21 heteroatoms. The van der Waals surface area contributed by atoms with Crippen molar-refractivity contribution in [2.45, 2.75) is 49.5 Å². The number of carbonyl (C=O) groups is 5. The lowest BCUT2D eigenvalue weighted by atomic mass is 10.1. The van der Waals surface area contributed by atoms with Crippen molar-refractivity contribution in [3.63, 3.8) is 0 Å². The van der Waals surface area contributed by atoms with Gasteiger partial charge >= 0.3 is 23.9 Å². The molecule has 2 heterocycles. The van der Waals surface area contributed by atoms with Gasteiger partial charge in [0.05, 0.1) is 26.0 Å². The number of aromatic nitrogens is 1. The number of carbonyl (C=O) groups excluding carboxylic acids is 1. The molecular formula is C19H28N3O17P. The fraction of sp³-hybridized carbons (Fsp3) is 0.474. The Bertz CT molecular complexity index is 1060. The lowest BCUT2D eigenvalue weighted by Crippen LogP contribution is -2.65. The summed E-state index contributed by atoms with van der Waals surface area (Å²) in [4.78, 5) is 71.1. The monoisotopic (exact) mass is 601 g/mol. The van der Waals surface area contributed by atoms with Crippen LogP contribution in [0.25, 0.3) is 0 Å². The van der Waals surface area contributed by atoms with Gasteiger partial charge in [-0.05, 0) is 6.07 Å². The number of carboxylic acids is 5. The van der Waals surface area contributed by atoms with Gasteiger partial charge in [-0.1, -0.05) is 0 Å². The zero-order valence-corrected chi connectivity index (χ0v) is 21.3. The zero-order valence-electron chi connectivity index (χ0n) is 20.4. The molecule has 6 atom stereocenters. The van der Waals surface area contributed by atoms with Crippen LogP contribution in [0.3, 0.4) is 0 Å². The van der Waals surface area contributed by atoms with Crippen molar-refractivity contribution in [3.05, 3.63) is 30.1 Å². The number of pyridine rings is 1. The van der Waals surface area contributed by atoms with E-state index in [9.17, 15) is 53.6 Å². The van der Waals surface area contributed by atoms with Crippen molar-refractivity contribution in [1.29, 1.82) is 0 Å². The summed E-state index contributed by atoms with van der Waals surface area (Å²) in [5.74, 6) is -6.09. The second-order valence-corrected chi connectivity index (χ2v) is 9.04. The van der Waals surface area contributed by atoms with Gasteiger partial charge in [-0.15, -0.1) is 0 Å². The van der Waals surface area contributed by atoms with Crippen LogP contribution in [0.1, 0.15) is 29.4 Å². The maximum atomic E-state index is 10.8. The largest absolute Gasteiger partial charge is 0.790 e. The Morgan fingerprint density at radius 3 is 1.80 bits per heavy atom. The van der Waals surface area contributed by atoms with E-state index in [1.165, 1.54) is 22.9 Å². The van der Waals surface area contributed by atoms with E-state index >= 15 is 0 Å². The molecular weight excluding hydrogens is 573 g/mol. The summed E-state index contributed by atoms with van der Waals surface area (Å²) in [6.45, 7) is -0.764. The van der Waals surface area contributed by atoms with Crippen LogP contribution >= 0.6 is 7.82 Å². The number of aromatic carboxylic acids is 1. The summed E-state index contributed by atoms with van der Waals surface area (Å²) in [6, 6.07) is 0.543. The summed E-state index contributed by atoms with van der Waals surface area (Å²) < 4.78 is 20.8. The van der Waals surface area contributed by atoms with Gasteiger partial charge in [0.1, 0.15) is 25.0 Å². The van der Waals surface area contributed by atoms with Crippen LogP contribution in [0.15, 0.2) is 24.5 Å². The van der Waals surface area contributed by atoms with Crippen LogP contribution in [0.2, 0.25) is 0 Å². The molecule has 0 saturated carbocycles. The molecule has 12 N–H and O–H groups in total. The SMILES string of the molecule is O=C([O-])c1ccc[n+]([C@@H]2O[C@H](COP(=O)([O-])[O-])[C@@H](O)[C@H]2O)c1.[NH3+][C@@H](CC(=O)O)C(=O)O.[NH3+][C@@H](CC(=O)O)C(=O)O. The lowest BCUT2D eigenvalue weighted by Gasteiger charge is -2.30. The molecule has 2 rings (SSSR count). The van der Waals surface area contributed by atoms with E-state index in [0.717, 1.165) is 6.20 Å². The minimum Gasteiger partial charge on any atom is -0.790 e. The minimum absolute atomic E-state index is 0.184. The normalized spacial score (nSPS) is 21.4. The van der Waals surface area contributed by atoms with Crippen LogP contribution in [0.4, 0.5) is 0 Å². The molecule has 1 aromatic heterocycles. The van der Waals surface area contributed by atoms with Crippen LogP contribution in [0.5, 0.6) is 0 Å². The fourth-order valence-electron chi connectivity index (χ4n) is 2.65. The van der Waals surface area contributed by atoms with E-state index in [1.54, 1.807) is 0 Å². The molecule has 0 unspecified atom stereocenters. The first-order valence-electron chi connectivity index (χ1n) is 10.7. The van der Waals surface area contributed by atoms with Crippen LogP contribution < -0.4 is 30.9 Å². The minimum atomic E-state index is -5.24. The average molecular weight is 601 g/mol. The summed E-state index contributed by atoms with van der Waals surface area (Å²) in [6.07, 6.45) is -3.79. The summed E-state index contributed by atoms with van der Waals surface area (Å²) in [5, 5.41) is 62.7. The van der Waals surface area contributed by atoms with Gasteiger partial charge in [-0.2, -0.15) is 4.57 Å². The number of aliphatic carboxylic acids is 4. The average Bonchev–Trinajstić information content (AvgIpc) is 3.11. The molecule has 40 heavy (non-hydrogen) atoms. The van der Waals surface area contributed by atoms with Gasteiger partial charge in [-0.3, -0.25) is 9.59 Å². The molecule has 1 aliphatic rings. The number of aliphatic hydroxyl groups excluding tert-OH is 2. The molecule has 20 nitrogen and oxygen atoms in total. The maximum Gasteiger partial charge on any atom is 0.362 e. The summed E-state index contributed by atoms with van der Waals surface area (Å²) in [5.41, 5.74) is 6.01. The molecule has 1 aliphatic heterocycles. The Balaban J connectivity index is 0.000000700. The number of hydrogen-bond acceptors (Lipinski definition) is 13. The zero-order chi connectivity index (χ0) is 31.4. The first-order valence-corrected chi connectivity index (χ1v) is 12.2. The number of carboxylic acid groups (broad SMARTS) is 5. The third-order valence-electron chi connectivity index (χ3n) is 4.63. The van der Waals surface area contributed by atoms with E-state index < -0.39 is 93.7 Å². The molecule has 226 valence electrons. The van der Waals surface area contributed by atoms with Crippen molar-refractivity contribution < 1.29 is 99.4 Å². The molecule has 0 spiro atoms. The van der Waals surface area contributed by atoms with Crippen LogP contribution in [-0.2, 0) is 33.0 Å². The molecule has 0 amide bonds. The fourth-order valence-corrected chi connectivity index (χ4v) is 2.98. The second kappa shape index (κ2) is 16.5. The first kappa shape index (κ1) is 36.4. The van der Waals surface area contributed by atoms with Crippen molar-refractivity contribution >= 4 is 37.7 Å². The van der Waals surface area contributed by atoms with Gasteiger partial charge in [0.2, 0.25) is 0 Å². The molecule has 0 radical (unpaired) electrons. The second-order valence-electron chi connectivity index (χ2n) is 7.88. The van der Waals surface area contributed by atoms with E-state index in [-0.39, 0.29) is 5.56 Å². The number of nitrogens with zero attached hydrogens (tertiary/aromatic N) is 1. The summed E-state index contributed by atoms with van der Waals surface area (Å²) >= 11 is 0. The number of phosphoric acid groups is 1. The van der Waals surface area contributed by atoms with E-state index in [1.807, 2.05) is 0 Å². The lowest BCUT2D eigenvalue weighted by molar-refractivity contribution is -0.765. The van der Waals surface area contributed by atoms with Crippen molar-refractivity contribution in [1.82, 2.24) is 0 Å². The molecule has 1 saturated heterocycles. The van der Waals surface area contributed by atoms with Crippen LogP contribution in [0, 0.1) is 0 Å². The number of ether oxygens (including phenoxy) is 1. The van der Waals surface area contributed by atoms with Crippen molar-refractivity contribution in [2.75, 3.05) is 6.61 Å². The van der Waals surface area contributed by atoms with Gasteiger partial charge in [-0.25, -0.2) is 9.59 Å². The third kappa shape index (κ3) is 14.0. The third-order valence-corrected chi connectivity index (χ3v) is 5.09. The standard InChI is InChI=1S/C11H14NO9P.2C4H7NO4/c13-8-7(5-20-22(17,18)19)21-10(9(8)14)12-3-1-2-6(4-12)11(15)16;2*5-2(4(8)9)1-3(6)7/h1-4,7-10,13-14H,5H2,(H2-,15,16,17,18,19);2*2H,1,5H2,(H,6,7)(H,8,9)/t7-,8-,9-,10-;2*2-/m100/s1. The highest BCUT2D eigenvalue weighted by molar-refractivity contribution is 7.43. The van der Waals surface area contributed by atoms with E-state index in [0.29, 0.717) is 0 Å². The van der Waals surface area contributed by atoms with Gasteiger partial charge in [0.15, 0.2) is 30.6 Å². The van der Waals surface area contributed by atoms with E-state index in [4.69, 9.17) is 25.2 Å². The summed E-state index contributed by atoms with van der Waals surface area (Å²) in [7, 11) is -5.24. The predicted molar refractivity (Wildman–Crippen MR) is 114 cm³/mol. The van der Waals surface area contributed by atoms with Crippen molar-refractivity contribution in [2.24, 2.45) is 0 Å². The van der Waals surface area contributed by atoms with Gasteiger partial charge in [0, 0.05) is 6.07 Å².